The Morgan fingerprint density at radius 3 is 2.18 bits per heavy atom. The molecule has 0 saturated carbocycles. The molecule has 0 spiro atoms. The largest absolute Gasteiger partial charge is 0.394 e. The molecule has 5 heteroatoms. The monoisotopic (exact) mass is 166 g/mol. The summed E-state index contributed by atoms with van der Waals surface area (Å²) in [5.41, 5.74) is 0. The van der Waals surface area contributed by atoms with Crippen molar-refractivity contribution in [3.63, 3.8) is 0 Å². The molecule has 11 heavy (non-hydrogen) atoms. The average Bonchev–Trinajstić information content (AvgIpc) is 2.02. The quantitative estimate of drug-likeness (QED) is 0.357. The molecule has 4 N–H and O–H groups in total. The molecule has 0 aliphatic rings. The predicted molar refractivity (Wildman–Crippen MR) is 36.7 cm³/mol. The first-order chi connectivity index (χ1) is 5.13. The molecule has 0 aliphatic heterocycles. The van der Waals surface area contributed by atoms with E-state index in [1.807, 2.05) is 0 Å². The van der Waals surface area contributed by atoms with Crippen LogP contribution in [-0.4, -0.2) is 52.1 Å². The zero-order chi connectivity index (χ0) is 8.85. The summed E-state index contributed by atoms with van der Waals surface area (Å²) in [6.45, 7) is 1.27. The van der Waals surface area contributed by atoms with E-state index in [4.69, 9.17) is 20.4 Å². The van der Waals surface area contributed by atoms with Gasteiger partial charge in [-0.15, -0.1) is 0 Å². The lowest BCUT2D eigenvalue weighted by Gasteiger charge is -2.20. The molecule has 0 aromatic rings. The van der Waals surface area contributed by atoms with Crippen LogP contribution in [0, 0.1) is 0 Å². The number of rotatable bonds is 5. The SMILES string of the molecule is CCO[C@@H](O)[C@@H](O)C(O)CO. The second-order valence-electron chi connectivity index (χ2n) is 2.09. The van der Waals surface area contributed by atoms with Crippen molar-refractivity contribution < 1.29 is 25.2 Å². The van der Waals surface area contributed by atoms with Gasteiger partial charge in [0.15, 0.2) is 6.29 Å². The third-order valence-electron chi connectivity index (χ3n) is 1.21. The van der Waals surface area contributed by atoms with Crippen LogP contribution in [0.3, 0.4) is 0 Å². The summed E-state index contributed by atoms with van der Waals surface area (Å²) in [6.07, 6.45) is -4.27. The zero-order valence-corrected chi connectivity index (χ0v) is 6.34. The first-order valence-corrected chi connectivity index (χ1v) is 3.40. The topological polar surface area (TPSA) is 90.2 Å². The second-order valence-corrected chi connectivity index (χ2v) is 2.09. The molecule has 0 rings (SSSR count). The van der Waals surface area contributed by atoms with E-state index in [1.165, 1.54) is 0 Å². The Labute approximate surface area is 64.9 Å². The molecule has 0 fully saturated rings. The van der Waals surface area contributed by atoms with Gasteiger partial charge >= 0.3 is 0 Å². The predicted octanol–water partition coefficient (Wildman–Crippen LogP) is -1.94. The molecule has 0 radical (unpaired) electrons. The normalized spacial score (nSPS) is 19.4. The maximum Gasteiger partial charge on any atom is 0.183 e. The van der Waals surface area contributed by atoms with E-state index in [0.717, 1.165) is 0 Å². The van der Waals surface area contributed by atoms with Gasteiger partial charge in [-0.25, -0.2) is 0 Å². The van der Waals surface area contributed by atoms with Crippen molar-refractivity contribution in [2.75, 3.05) is 13.2 Å². The first kappa shape index (κ1) is 10.8. The Hall–Kier alpha value is -0.200. The van der Waals surface area contributed by atoms with Gasteiger partial charge in [0, 0.05) is 6.61 Å². The van der Waals surface area contributed by atoms with E-state index in [2.05, 4.69) is 4.74 Å². The van der Waals surface area contributed by atoms with Crippen LogP contribution < -0.4 is 0 Å². The van der Waals surface area contributed by atoms with E-state index in [0.29, 0.717) is 0 Å². The molecule has 0 bridgehead atoms. The summed E-state index contributed by atoms with van der Waals surface area (Å²) in [5.74, 6) is 0. The van der Waals surface area contributed by atoms with Gasteiger partial charge in [0.1, 0.15) is 12.2 Å². The maximum absolute atomic E-state index is 8.93. The Morgan fingerprint density at radius 2 is 1.82 bits per heavy atom. The number of aliphatic hydroxyl groups excluding tert-OH is 4. The molecule has 68 valence electrons. The van der Waals surface area contributed by atoms with E-state index < -0.39 is 25.1 Å². The number of ether oxygens (including phenoxy) is 1. The van der Waals surface area contributed by atoms with Crippen molar-refractivity contribution in [2.45, 2.75) is 25.4 Å². The summed E-state index contributed by atoms with van der Waals surface area (Å²) < 4.78 is 4.56. The average molecular weight is 166 g/mol. The minimum atomic E-state index is -1.46. The first-order valence-electron chi connectivity index (χ1n) is 3.40. The molecule has 0 heterocycles. The molecule has 0 aromatic carbocycles. The molecule has 1 unspecified atom stereocenters. The van der Waals surface area contributed by atoms with Gasteiger partial charge in [0.05, 0.1) is 6.61 Å². The van der Waals surface area contributed by atoms with Gasteiger partial charge in [0.2, 0.25) is 0 Å². The molecule has 0 aliphatic carbocycles. The molecular formula is C6H14O5. The maximum atomic E-state index is 8.93. The Kier molecular flexibility index (Phi) is 5.35. The van der Waals surface area contributed by atoms with Gasteiger partial charge in [-0.1, -0.05) is 0 Å². The summed E-state index contributed by atoms with van der Waals surface area (Å²) in [6, 6.07) is 0. The Morgan fingerprint density at radius 1 is 1.27 bits per heavy atom. The highest BCUT2D eigenvalue weighted by molar-refractivity contribution is 4.67. The fourth-order valence-electron chi connectivity index (χ4n) is 0.567. The van der Waals surface area contributed by atoms with Gasteiger partial charge in [-0.05, 0) is 6.92 Å². The summed E-state index contributed by atoms with van der Waals surface area (Å²) in [4.78, 5) is 0. The van der Waals surface area contributed by atoms with Crippen molar-refractivity contribution in [3.8, 4) is 0 Å². The summed E-state index contributed by atoms with van der Waals surface area (Å²) in [5, 5.41) is 34.9. The fraction of sp³-hybridized carbons (Fsp3) is 1.00. The minimum Gasteiger partial charge on any atom is -0.394 e. The van der Waals surface area contributed by atoms with E-state index in [1.54, 1.807) is 6.92 Å². The summed E-state index contributed by atoms with van der Waals surface area (Å²) >= 11 is 0. The fourth-order valence-corrected chi connectivity index (χ4v) is 0.567. The lowest BCUT2D eigenvalue weighted by Crippen LogP contribution is -2.40. The number of hydrogen-bond donors (Lipinski definition) is 4. The van der Waals surface area contributed by atoms with Crippen LogP contribution in [0.4, 0.5) is 0 Å². The van der Waals surface area contributed by atoms with Gasteiger partial charge < -0.3 is 25.2 Å². The molecule has 0 saturated heterocycles. The van der Waals surface area contributed by atoms with Crippen LogP contribution in [0.1, 0.15) is 6.92 Å². The number of hydrogen-bond acceptors (Lipinski definition) is 5. The van der Waals surface area contributed by atoms with Crippen LogP contribution in [0.2, 0.25) is 0 Å². The van der Waals surface area contributed by atoms with Crippen LogP contribution in [-0.2, 0) is 4.74 Å². The van der Waals surface area contributed by atoms with Crippen molar-refractivity contribution in [1.29, 1.82) is 0 Å². The van der Waals surface area contributed by atoms with E-state index in [-0.39, 0.29) is 6.61 Å². The van der Waals surface area contributed by atoms with E-state index >= 15 is 0 Å². The van der Waals surface area contributed by atoms with Gasteiger partial charge in [-0.2, -0.15) is 0 Å². The van der Waals surface area contributed by atoms with Crippen LogP contribution in [0.5, 0.6) is 0 Å². The van der Waals surface area contributed by atoms with Crippen molar-refractivity contribution in [2.24, 2.45) is 0 Å². The highest BCUT2D eigenvalue weighted by atomic mass is 16.6. The molecule has 0 amide bonds. The highest BCUT2D eigenvalue weighted by Gasteiger charge is 2.23. The molecular weight excluding hydrogens is 152 g/mol. The van der Waals surface area contributed by atoms with Crippen molar-refractivity contribution in [3.05, 3.63) is 0 Å². The van der Waals surface area contributed by atoms with Crippen molar-refractivity contribution >= 4 is 0 Å². The van der Waals surface area contributed by atoms with E-state index in [9.17, 15) is 0 Å². The molecule has 5 nitrogen and oxygen atoms in total. The van der Waals surface area contributed by atoms with Crippen LogP contribution >= 0.6 is 0 Å². The second kappa shape index (κ2) is 5.45. The third kappa shape index (κ3) is 3.64. The minimum absolute atomic E-state index is 0.233. The molecule has 0 aromatic heterocycles. The van der Waals surface area contributed by atoms with Crippen LogP contribution in [0.25, 0.3) is 0 Å². The lowest BCUT2D eigenvalue weighted by molar-refractivity contribution is -0.190. The third-order valence-corrected chi connectivity index (χ3v) is 1.21. The van der Waals surface area contributed by atoms with Gasteiger partial charge in [0.25, 0.3) is 0 Å². The smallest absolute Gasteiger partial charge is 0.183 e. The molecule has 3 atom stereocenters. The number of aliphatic hydroxyl groups is 4. The zero-order valence-electron chi connectivity index (χ0n) is 6.34. The Bertz CT molecular complexity index is 97.0. The standard InChI is InChI=1S/C6H14O5/c1-2-11-6(10)5(9)4(8)3-7/h4-10H,2-3H2,1H3/t4?,5-,6+/m0/s1. The Balaban J connectivity index is 3.70. The summed E-state index contributed by atoms with van der Waals surface area (Å²) in [7, 11) is 0. The van der Waals surface area contributed by atoms with Crippen LogP contribution in [0.15, 0.2) is 0 Å². The highest BCUT2D eigenvalue weighted by Crippen LogP contribution is 2.00. The van der Waals surface area contributed by atoms with Gasteiger partial charge in [-0.3, -0.25) is 0 Å². The van der Waals surface area contributed by atoms with Crippen molar-refractivity contribution in [1.82, 2.24) is 0 Å². The lowest BCUT2D eigenvalue weighted by atomic mass is 10.2.